The molecule has 3 fully saturated rings. The van der Waals surface area contributed by atoms with Crippen LogP contribution in [0.5, 0.6) is 0 Å². The third kappa shape index (κ3) is 3.49. The molecule has 142 valence electrons. The highest BCUT2D eigenvalue weighted by Gasteiger charge is 2.49. The SMILES string of the molecule is Cc1cc(C)nc(CN2CC[C@@]3(CCCN(C4CCOCC4)C3=O)C2)n1. The molecule has 6 nitrogen and oxygen atoms in total. The Kier molecular flexibility index (Phi) is 4.97. The highest BCUT2D eigenvalue weighted by Crippen LogP contribution is 2.41. The van der Waals surface area contributed by atoms with E-state index in [-0.39, 0.29) is 5.41 Å². The lowest BCUT2D eigenvalue weighted by atomic mass is 9.77. The van der Waals surface area contributed by atoms with Gasteiger partial charge in [-0.1, -0.05) is 0 Å². The summed E-state index contributed by atoms with van der Waals surface area (Å²) in [5.41, 5.74) is 1.84. The van der Waals surface area contributed by atoms with Gasteiger partial charge in [0.15, 0.2) is 0 Å². The van der Waals surface area contributed by atoms with Crippen molar-refractivity contribution in [3.63, 3.8) is 0 Å². The maximum Gasteiger partial charge on any atom is 0.230 e. The van der Waals surface area contributed by atoms with E-state index < -0.39 is 0 Å². The smallest absolute Gasteiger partial charge is 0.230 e. The van der Waals surface area contributed by atoms with Crippen LogP contribution in [-0.2, 0) is 16.1 Å². The molecule has 26 heavy (non-hydrogen) atoms. The van der Waals surface area contributed by atoms with Crippen LogP contribution in [0, 0.1) is 19.3 Å². The topological polar surface area (TPSA) is 58.6 Å². The van der Waals surface area contributed by atoms with Crippen molar-refractivity contribution in [2.24, 2.45) is 5.41 Å². The van der Waals surface area contributed by atoms with Crippen molar-refractivity contribution in [3.05, 3.63) is 23.3 Å². The molecular formula is C20H30N4O2. The number of ether oxygens (including phenoxy) is 1. The van der Waals surface area contributed by atoms with E-state index in [1.54, 1.807) is 0 Å². The number of aryl methyl sites for hydroxylation is 2. The number of likely N-dealkylation sites (tertiary alicyclic amines) is 2. The number of rotatable bonds is 3. The van der Waals surface area contributed by atoms with Gasteiger partial charge in [-0.15, -0.1) is 0 Å². The molecule has 3 aliphatic heterocycles. The van der Waals surface area contributed by atoms with Crippen LogP contribution in [0.2, 0.25) is 0 Å². The summed E-state index contributed by atoms with van der Waals surface area (Å²) in [7, 11) is 0. The lowest BCUT2D eigenvalue weighted by Crippen LogP contribution is -2.54. The summed E-state index contributed by atoms with van der Waals surface area (Å²) in [6.45, 7) is 9.08. The summed E-state index contributed by atoms with van der Waals surface area (Å²) in [4.78, 5) is 27.1. The predicted molar refractivity (Wildman–Crippen MR) is 98.6 cm³/mol. The van der Waals surface area contributed by atoms with Crippen LogP contribution in [-0.4, -0.2) is 64.6 Å². The fraction of sp³-hybridized carbons (Fsp3) is 0.750. The average Bonchev–Trinajstić information content (AvgIpc) is 3.01. The Hall–Kier alpha value is -1.53. The average molecular weight is 358 g/mol. The molecule has 3 aliphatic rings. The molecule has 1 atom stereocenters. The first-order valence-corrected chi connectivity index (χ1v) is 9.98. The van der Waals surface area contributed by atoms with Crippen molar-refractivity contribution in [1.29, 1.82) is 0 Å². The van der Waals surface area contributed by atoms with Crippen LogP contribution < -0.4 is 0 Å². The van der Waals surface area contributed by atoms with Gasteiger partial charge in [0.2, 0.25) is 5.91 Å². The van der Waals surface area contributed by atoms with Gasteiger partial charge in [-0.05, 0) is 58.6 Å². The number of hydrogen-bond donors (Lipinski definition) is 0. The van der Waals surface area contributed by atoms with Gasteiger partial charge in [0.1, 0.15) is 5.82 Å². The van der Waals surface area contributed by atoms with Crippen LogP contribution in [0.15, 0.2) is 6.07 Å². The van der Waals surface area contributed by atoms with E-state index in [0.29, 0.717) is 11.9 Å². The van der Waals surface area contributed by atoms with Gasteiger partial charge >= 0.3 is 0 Å². The molecule has 4 rings (SSSR count). The molecule has 0 aliphatic carbocycles. The number of piperidine rings is 1. The summed E-state index contributed by atoms with van der Waals surface area (Å²) in [5.74, 6) is 1.27. The molecule has 1 amide bonds. The maximum atomic E-state index is 13.4. The Morgan fingerprint density at radius 3 is 2.62 bits per heavy atom. The van der Waals surface area contributed by atoms with E-state index in [0.717, 1.165) is 88.7 Å². The van der Waals surface area contributed by atoms with Crippen LogP contribution in [0.1, 0.15) is 49.3 Å². The van der Waals surface area contributed by atoms with E-state index in [4.69, 9.17) is 4.74 Å². The zero-order valence-corrected chi connectivity index (χ0v) is 16.0. The number of amides is 1. The molecule has 0 unspecified atom stereocenters. The lowest BCUT2D eigenvalue weighted by Gasteiger charge is -2.44. The van der Waals surface area contributed by atoms with Gasteiger partial charge in [-0.3, -0.25) is 9.69 Å². The normalized spacial score (nSPS) is 28.2. The standard InChI is InChI=1S/C20H30N4O2/c1-15-12-16(2)22-18(21-15)13-23-9-7-20(14-23)6-3-8-24(19(20)25)17-4-10-26-11-5-17/h12,17H,3-11,13-14H2,1-2H3/t20-/m0/s1. The summed E-state index contributed by atoms with van der Waals surface area (Å²) in [6.07, 6.45) is 5.09. The van der Waals surface area contributed by atoms with Gasteiger partial charge in [-0.2, -0.15) is 0 Å². The van der Waals surface area contributed by atoms with E-state index in [1.807, 2.05) is 19.9 Å². The highest BCUT2D eigenvalue weighted by molar-refractivity contribution is 5.84. The van der Waals surface area contributed by atoms with Crippen LogP contribution in [0.3, 0.4) is 0 Å². The second kappa shape index (κ2) is 7.24. The number of hydrogen-bond acceptors (Lipinski definition) is 5. The molecule has 0 saturated carbocycles. The van der Waals surface area contributed by atoms with Crippen molar-refractivity contribution >= 4 is 5.91 Å². The number of carbonyl (C=O) groups is 1. The first-order valence-electron chi connectivity index (χ1n) is 9.98. The number of aromatic nitrogens is 2. The molecule has 1 aromatic rings. The molecule has 3 saturated heterocycles. The second-order valence-electron chi connectivity index (χ2n) is 8.25. The Morgan fingerprint density at radius 1 is 1.15 bits per heavy atom. The zero-order valence-electron chi connectivity index (χ0n) is 16.0. The van der Waals surface area contributed by atoms with Gasteiger partial charge in [-0.25, -0.2) is 9.97 Å². The van der Waals surface area contributed by atoms with Crippen molar-refractivity contribution in [2.45, 2.75) is 58.5 Å². The molecule has 0 N–H and O–H groups in total. The van der Waals surface area contributed by atoms with Crippen molar-refractivity contribution in [2.75, 3.05) is 32.8 Å². The van der Waals surface area contributed by atoms with E-state index in [9.17, 15) is 4.79 Å². The molecule has 1 spiro atoms. The molecule has 0 bridgehead atoms. The zero-order chi connectivity index (χ0) is 18.1. The Morgan fingerprint density at radius 2 is 1.88 bits per heavy atom. The van der Waals surface area contributed by atoms with Gasteiger partial charge in [0.25, 0.3) is 0 Å². The first kappa shape index (κ1) is 17.9. The fourth-order valence-corrected chi connectivity index (χ4v) is 4.99. The maximum absolute atomic E-state index is 13.4. The molecule has 0 aromatic carbocycles. The largest absolute Gasteiger partial charge is 0.381 e. The molecule has 1 aromatic heterocycles. The van der Waals surface area contributed by atoms with Crippen molar-refractivity contribution < 1.29 is 9.53 Å². The Bertz CT molecular complexity index is 654. The summed E-state index contributed by atoms with van der Waals surface area (Å²) in [5, 5.41) is 0. The van der Waals surface area contributed by atoms with Gasteiger partial charge in [0, 0.05) is 43.7 Å². The summed E-state index contributed by atoms with van der Waals surface area (Å²) >= 11 is 0. The summed E-state index contributed by atoms with van der Waals surface area (Å²) < 4.78 is 5.49. The Balaban J connectivity index is 1.44. The lowest BCUT2D eigenvalue weighted by molar-refractivity contribution is -0.150. The Labute approximate surface area is 155 Å². The van der Waals surface area contributed by atoms with Crippen LogP contribution in [0.25, 0.3) is 0 Å². The molecule has 0 radical (unpaired) electrons. The van der Waals surface area contributed by atoms with E-state index in [1.165, 1.54) is 0 Å². The minimum atomic E-state index is -0.185. The molecule has 6 heteroatoms. The van der Waals surface area contributed by atoms with Crippen LogP contribution >= 0.6 is 0 Å². The minimum Gasteiger partial charge on any atom is -0.381 e. The third-order valence-corrected chi connectivity index (χ3v) is 6.23. The van der Waals surface area contributed by atoms with Crippen molar-refractivity contribution in [1.82, 2.24) is 19.8 Å². The quantitative estimate of drug-likeness (QED) is 0.828. The van der Waals surface area contributed by atoms with Gasteiger partial charge in [0.05, 0.1) is 12.0 Å². The summed E-state index contributed by atoms with van der Waals surface area (Å²) in [6, 6.07) is 2.39. The van der Waals surface area contributed by atoms with Gasteiger partial charge < -0.3 is 9.64 Å². The first-order chi connectivity index (χ1) is 12.6. The molecule has 4 heterocycles. The number of nitrogens with zero attached hydrogens (tertiary/aromatic N) is 4. The number of carbonyl (C=O) groups excluding carboxylic acids is 1. The highest BCUT2D eigenvalue weighted by atomic mass is 16.5. The molecular weight excluding hydrogens is 328 g/mol. The van der Waals surface area contributed by atoms with Crippen LogP contribution in [0.4, 0.5) is 0 Å². The van der Waals surface area contributed by atoms with Crippen molar-refractivity contribution in [3.8, 4) is 0 Å². The monoisotopic (exact) mass is 358 g/mol. The second-order valence-corrected chi connectivity index (χ2v) is 8.25. The van der Waals surface area contributed by atoms with E-state index in [2.05, 4.69) is 19.8 Å². The van der Waals surface area contributed by atoms with E-state index >= 15 is 0 Å². The minimum absolute atomic E-state index is 0.185. The predicted octanol–water partition coefficient (Wildman–Crippen LogP) is 2.09. The fourth-order valence-electron chi connectivity index (χ4n) is 4.99. The third-order valence-electron chi connectivity index (χ3n) is 6.23.